The van der Waals surface area contributed by atoms with Crippen LogP contribution in [0.2, 0.25) is 0 Å². The predicted molar refractivity (Wildman–Crippen MR) is 65.2 cm³/mol. The summed E-state index contributed by atoms with van der Waals surface area (Å²) in [5, 5.41) is 0. The van der Waals surface area contributed by atoms with Gasteiger partial charge in [0.15, 0.2) is 11.6 Å². The Morgan fingerprint density at radius 3 is 2.83 bits per heavy atom. The van der Waals surface area contributed by atoms with Crippen molar-refractivity contribution in [1.29, 1.82) is 0 Å². The van der Waals surface area contributed by atoms with E-state index in [1.165, 1.54) is 7.11 Å². The van der Waals surface area contributed by atoms with E-state index in [4.69, 9.17) is 9.47 Å². The van der Waals surface area contributed by atoms with E-state index in [9.17, 15) is 9.18 Å². The van der Waals surface area contributed by atoms with Crippen molar-refractivity contribution < 1.29 is 18.7 Å². The van der Waals surface area contributed by atoms with E-state index in [1.54, 1.807) is 18.2 Å². The summed E-state index contributed by atoms with van der Waals surface area (Å²) in [6, 6.07) is 4.89. The van der Waals surface area contributed by atoms with Crippen molar-refractivity contribution in [2.24, 2.45) is 5.92 Å². The van der Waals surface area contributed by atoms with E-state index in [0.717, 1.165) is 12.8 Å². The van der Waals surface area contributed by atoms with Gasteiger partial charge in [-0.3, -0.25) is 4.79 Å². The van der Waals surface area contributed by atoms with Crippen LogP contribution in [0.3, 0.4) is 0 Å². The molecule has 1 aliphatic heterocycles. The van der Waals surface area contributed by atoms with Gasteiger partial charge in [0, 0.05) is 25.6 Å². The smallest absolute Gasteiger partial charge is 0.168 e. The van der Waals surface area contributed by atoms with E-state index in [0.29, 0.717) is 18.8 Å². The molecule has 1 aliphatic rings. The average molecular weight is 252 g/mol. The highest BCUT2D eigenvalue weighted by molar-refractivity contribution is 5.83. The molecule has 0 radical (unpaired) electrons. The second-order valence-corrected chi connectivity index (χ2v) is 4.46. The third-order valence-electron chi connectivity index (χ3n) is 3.30. The van der Waals surface area contributed by atoms with Gasteiger partial charge in [0.05, 0.1) is 7.11 Å². The normalized spacial score (nSPS) is 16.6. The van der Waals surface area contributed by atoms with Crippen LogP contribution in [0.5, 0.6) is 5.75 Å². The van der Waals surface area contributed by atoms with Crippen LogP contribution in [0.4, 0.5) is 4.39 Å². The highest BCUT2D eigenvalue weighted by Gasteiger charge is 2.23. The van der Waals surface area contributed by atoms with Crippen molar-refractivity contribution in [2.75, 3.05) is 20.3 Å². The number of Topliss-reactive ketones (excluding diaryl/α,β-unsaturated/α-hetero) is 1. The Kier molecular flexibility index (Phi) is 4.31. The third kappa shape index (κ3) is 2.88. The van der Waals surface area contributed by atoms with E-state index in [-0.39, 0.29) is 23.9 Å². The molecule has 2 rings (SSSR count). The lowest BCUT2D eigenvalue weighted by atomic mass is 9.91. The highest BCUT2D eigenvalue weighted by atomic mass is 19.1. The van der Waals surface area contributed by atoms with Gasteiger partial charge < -0.3 is 9.47 Å². The molecule has 0 spiro atoms. The standard InChI is InChI=1S/C14H17FO3/c1-17-13-4-2-3-11(14(13)15)9-12(16)10-5-7-18-8-6-10/h2-4,10H,5-9H2,1H3. The van der Waals surface area contributed by atoms with Gasteiger partial charge in [-0.25, -0.2) is 4.39 Å². The number of methoxy groups -OCH3 is 1. The molecule has 98 valence electrons. The molecule has 0 aliphatic carbocycles. The van der Waals surface area contributed by atoms with Crippen LogP contribution in [-0.4, -0.2) is 26.1 Å². The maximum Gasteiger partial charge on any atom is 0.168 e. The Balaban J connectivity index is 2.06. The minimum atomic E-state index is -0.430. The summed E-state index contributed by atoms with van der Waals surface area (Å²) in [5.41, 5.74) is 0.408. The van der Waals surface area contributed by atoms with Gasteiger partial charge in [-0.05, 0) is 24.5 Å². The fourth-order valence-corrected chi connectivity index (χ4v) is 2.20. The summed E-state index contributed by atoms with van der Waals surface area (Å²) in [6.07, 6.45) is 1.61. The number of hydrogen-bond donors (Lipinski definition) is 0. The van der Waals surface area contributed by atoms with E-state index >= 15 is 0 Å². The average Bonchev–Trinajstić information content (AvgIpc) is 2.42. The maximum atomic E-state index is 13.9. The van der Waals surface area contributed by atoms with E-state index < -0.39 is 5.82 Å². The second-order valence-electron chi connectivity index (χ2n) is 4.46. The lowest BCUT2D eigenvalue weighted by molar-refractivity contribution is -0.125. The monoisotopic (exact) mass is 252 g/mol. The molecule has 0 saturated carbocycles. The molecule has 1 aromatic carbocycles. The number of benzene rings is 1. The van der Waals surface area contributed by atoms with Crippen LogP contribution in [0.25, 0.3) is 0 Å². The molecule has 4 heteroatoms. The lowest BCUT2D eigenvalue weighted by Crippen LogP contribution is -2.25. The summed E-state index contributed by atoms with van der Waals surface area (Å²) in [4.78, 5) is 12.1. The Morgan fingerprint density at radius 1 is 1.44 bits per heavy atom. The molecule has 1 heterocycles. The molecule has 0 aromatic heterocycles. The summed E-state index contributed by atoms with van der Waals surface area (Å²) in [7, 11) is 1.42. The van der Waals surface area contributed by atoms with E-state index in [2.05, 4.69) is 0 Å². The molecule has 1 aromatic rings. The van der Waals surface area contributed by atoms with Crippen LogP contribution in [0, 0.1) is 11.7 Å². The lowest BCUT2D eigenvalue weighted by Gasteiger charge is -2.20. The van der Waals surface area contributed by atoms with Crippen LogP contribution in [0.15, 0.2) is 18.2 Å². The molecule has 18 heavy (non-hydrogen) atoms. The van der Waals surface area contributed by atoms with Gasteiger partial charge in [-0.15, -0.1) is 0 Å². The molecule has 1 saturated heterocycles. The van der Waals surface area contributed by atoms with Crippen molar-refractivity contribution >= 4 is 5.78 Å². The summed E-state index contributed by atoms with van der Waals surface area (Å²) >= 11 is 0. The summed E-state index contributed by atoms with van der Waals surface area (Å²) in [6.45, 7) is 1.24. The Hall–Kier alpha value is -1.42. The Bertz CT molecular complexity index is 425. The van der Waals surface area contributed by atoms with Crippen LogP contribution in [0.1, 0.15) is 18.4 Å². The molecule has 1 fully saturated rings. The minimum absolute atomic E-state index is 0.00403. The molecule has 0 amide bonds. The predicted octanol–water partition coefficient (Wildman–Crippen LogP) is 2.37. The number of hydrogen-bond acceptors (Lipinski definition) is 3. The fourth-order valence-electron chi connectivity index (χ4n) is 2.20. The Labute approximate surface area is 106 Å². The van der Waals surface area contributed by atoms with Crippen molar-refractivity contribution in [3.63, 3.8) is 0 Å². The molecular weight excluding hydrogens is 235 g/mol. The number of rotatable bonds is 4. The topological polar surface area (TPSA) is 35.5 Å². The number of halogens is 1. The van der Waals surface area contributed by atoms with Gasteiger partial charge in [0.2, 0.25) is 0 Å². The first-order valence-corrected chi connectivity index (χ1v) is 6.14. The zero-order valence-corrected chi connectivity index (χ0v) is 10.4. The van der Waals surface area contributed by atoms with Crippen molar-refractivity contribution in [3.8, 4) is 5.75 Å². The summed E-state index contributed by atoms with van der Waals surface area (Å²) < 4.78 is 24.0. The SMILES string of the molecule is COc1cccc(CC(=O)C2CCOCC2)c1F. The second kappa shape index (κ2) is 5.96. The molecule has 3 nitrogen and oxygen atoms in total. The number of carbonyl (C=O) groups excluding carboxylic acids is 1. The zero-order valence-electron chi connectivity index (χ0n) is 10.4. The van der Waals surface area contributed by atoms with Crippen LogP contribution >= 0.6 is 0 Å². The first-order valence-electron chi connectivity index (χ1n) is 6.14. The fraction of sp³-hybridized carbons (Fsp3) is 0.500. The first-order chi connectivity index (χ1) is 8.72. The largest absolute Gasteiger partial charge is 0.494 e. The zero-order chi connectivity index (χ0) is 13.0. The minimum Gasteiger partial charge on any atom is -0.494 e. The van der Waals surface area contributed by atoms with Crippen molar-refractivity contribution in [2.45, 2.75) is 19.3 Å². The molecule has 0 atom stereocenters. The van der Waals surface area contributed by atoms with Gasteiger partial charge in [0.25, 0.3) is 0 Å². The molecule has 0 N–H and O–H groups in total. The van der Waals surface area contributed by atoms with Gasteiger partial charge >= 0.3 is 0 Å². The number of carbonyl (C=O) groups is 1. The number of ketones is 1. The number of ether oxygens (including phenoxy) is 2. The highest BCUT2D eigenvalue weighted by Crippen LogP contribution is 2.23. The van der Waals surface area contributed by atoms with Crippen LogP contribution < -0.4 is 4.74 Å². The molecule has 0 unspecified atom stereocenters. The molecular formula is C14H17FO3. The van der Waals surface area contributed by atoms with Crippen molar-refractivity contribution in [3.05, 3.63) is 29.6 Å². The van der Waals surface area contributed by atoms with Gasteiger partial charge in [-0.1, -0.05) is 12.1 Å². The molecule has 0 bridgehead atoms. The Morgan fingerprint density at radius 2 is 2.17 bits per heavy atom. The maximum absolute atomic E-state index is 13.9. The summed E-state index contributed by atoms with van der Waals surface area (Å²) in [5.74, 6) is -0.150. The van der Waals surface area contributed by atoms with Gasteiger partial charge in [0.1, 0.15) is 5.78 Å². The third-order valence-corrected chi connectivity index (χ3v) is 3.30. The van der Waals surface area contributed by atoms with Crippen LogP contribution in [-0.2, 0) is 16.0 Å². The van der Waals surface area contributed by atoms with Gasteiger partial charge in [-0.2, -0.15) is 0 Å². The quantitative estimate of drug-likeness (QED) is 0.825. The van der Waals surface area contributed by atoms with E-state index in [1.807, 2.05) is 0 Å². The van der Waals surface area contributed by atoms with Crippen molar-refractivity contribution in [1.82, 2.24) is 0 Å². The first kappa shape index (κ1) is 13.0.